The minimum Gasteiger partial charge on any atom is -0.377 e. The van der Waals surface area contributed by atoms with Crippen molar-refractivity contribution in [2.24, 2.45) is 0 Å². The largest absolute Gasteiger partial charge is 0.377 e. The number of rotatable bonds is 6. The second-order valence-corrected chi connectivity index (χ2v) is 3.79. The molecule has 0 saturated carbocycles. The molecule has 6 nitrogen and oxygen atoms in total. The van der Waals surface area contributed by atoms with E-state index < -0.39 is 0 Å². The van der Waals surface area contributed by atoms with E-state index in [0.717, 1.165) is 23.7 Å². The molecule has 0 amide bonds. The van der Waals surface area contributed by atoms with E-state index in [-0.39, 0.29) is 0 Å². The second kappa shape index (κ2) is 5.60. The monoisotopic (exact) mass is 236 g/mol. The molecule has 2 heterocycles. The van der Waals surface area contributed by atoms with Gasteiger partial charge in [0.25, 0.3) is 0 Å². The number of hydrogen-bond donors (Lipinski definition) is 1. The van der Waals surface area contributed by atoms with Crippen LogP contribution < -0.4 is 5.32 Å². The maximum Gasteiger partial charge on any atom is 0.162 e. The molecule has 0 spiro atoms. The molecule has 0 bridgehead atoms. The Hall–Kier alpha value is -1.66. The number of imidazole rings is 1. The van der Waals surface area contributed by atoms with Gasteiger partial charge >= 0.3 is 0 Å². The summed E-state index contributed by atoms with van der Waals surface area (Å²) in [5.41, 5.74) is 1.87. The van der Waals surface area contributed by atoms with E-state index in [0.29, 0.717) is 13.2 Å². The van der Waals surface area contributed by atoms with E-state index >= 15 is 0 Å². The van der Waals surface area contributed by atoms with Crippen LogP contribution in [0.15, 0.2) is 23.1 Å². The van der Waals surface area contributed by atoms with E-state index in [1.807, 2.05) is 23.9 Å². The average Bonchev–Trinajstić information content (AvgIpc) is 2.91. The van der Waals surface area contributed by atoms with Gasteiger partial charge in [-0.2, -0.15) is 0 Å². The summed E-state index contributed by atoms with van der Waals surface area (Å²) in [6.45, 7) is 1.87. The summed E-state index contributed by atoms with van der Waals surface area (Å²) in [5.74, 6) is 0.734. The first-order valence-corrected chi connectivity index (χ1v) is 5.40. The predicted molar refractivity (Wildman–Crippen MR) is 61.3 cm³/mol. The normalized spacial score (nSPS) is 10.9. The summed E-state index contributed by atoms with van der Waals surface area (Å²) in [7, 11) is 3.52. The second-order valence-electron chi connectivity index (χ2n) is 3.79. The van der Waals surface area contributed by atoms with Gasteiger partial charge in [0.1, 0.15) is 12.3 Å². The molecule has 0 aliphatic rings. The lowest BCUT2D eigenvalue weighted by Crippen LogP contribution is -2.05. The van der Waals surface area contributed by atoms with Crippen LogP contribution in [0, 0.1) is 0 Å². The molecule has 2 aromatic heterocycles. The smallest absolute Gasteiger partial charge is 0.162 e. The fourth-order valence-corrected chi connectivity index (χ4v) is 1.59. The van der Waals surface area contributed by atoms with Crippen molar-refractivity contribution in [3.8, 4) is 0 Å². The van der Waals surface area contributed by atoms with Crippen LogP contribution in [0.1, 0.15) is 17.1 Å². The standard InChI is InChI=1S/C11H16N4O2/c1-12-4-10-6-15(8-13-10)5-9-3-11(7-16-2)17-14-9/h3,6,8,12H,4-5,7H2,1-2H3. The van der Waals surface area contributed by atoms with Gasteiger partial charge in [-0.3, -0.25) is 0 Å². The van der Waals surface area contributed by atoms with Crippen molar-refractivity contribution in [2.45, 2.75) is 19.7 Å². The Morgan fingerprint density at radius 1 is 1.47 bits per heavy atom. The highest BCUT2D eigenvalue weighted by atomic mass is 16.5. The zero-order valence-corrected chi connectivity index (χ0v) is 10.0. The quantitative estimate of drug-likeness (QED) is 0.803. The topological polar surface area (TPSA) is 65.1 Å². The molecule has 0 aromatic carbocycles. The summed E-state index contributed by atoms with van der Waals surface area (Å²) in [4.78, 5) is 4.26. The predicted octanol–water partition coefficient (Wildman–Crippen LogP) is 0.785. The highest BCUT2D eigenvalue weighted by molar-refractivity contribution is 5.06. The third-order valence-electron chi connectivity index (χ3n) is 2.28. The van der Waals surface area contributed by atoms with E-state index in [1.54, 1.807) is 13.4 Å². The van der Waals surface area contributed by atoms with E-state index in [9.17, 15) is 0 Å². The summed E-state index contributed by atoms with van der Waals surface area (Å²) in [5, 5.41) is 7.02. The molecule has 92 valence electrons. The molecular weight excluding hydrogens is 220 g/mol. The SMILES string of the molecule is CNCc1cn(Cc2cc(COC)on2)cn1. The minimum atomic E-state index is 0.446. The molecule has 2 rings (SSSR count). The molecule has 0 atom stereocenters. The van der Waals surface area contributed by atoms with Crippen LogP contribution in [0.25, 0.3) is 0 Å². The first kappa shape index (κ1) is 11.8. The van der Waals surface area contributed by atoms with Gasteiger partial charge in [0.2, 0.25) is 0 Å². The van der Waals surface area contributed by atoms with Crippen LogP contribution in [-0.2, 0) is 24.4 Å². The third kappa shape index (κ3) is 3.15. The van der Waals surface area contributed by atoms with Crippen molar-refractivity contribution in [2.75, 3.05) is 14.2 Å². The zero-order chi connectivity index (χ0) is 12.1. The number of ether oxygens (including phenoxy) is 1. The van der Waals surface area contributed by atoms with Crippen LogP contribution in [0.4, 0.5) is 0 Å². The van der Waals surface area contributed by atoms with E-state index in [2.05, 4.69) is 15.5 Å². The summed E-state index contributed by atoms with van der Waals surface area (Å²) in [6.07, 6.45) is 3.78. The number of methoxy groups -OCH3 is 1. The molecule has 17 heavy (non-hydrogen) atoms. The molecule has 0 fully saturated rings. The Morgan fingerprint density at radius 2 is 2.35 bits per heavy atom. The van der Waals surface area contributed by atoms with Crippen LogP contribution in [0.2, 0.25) is 0 Å². The van der Waals surface area contributed by atoms with Gasteiger partial charge in [-0.05, 0) is 7.05 Å². The van der Waals surface area contributed by atoms with Crippen molar-refractivity contribution in [3.05, 3.63) is 35.7 Å². The lowest BCUT2D eigenvalue weighted by Gasteiger charge is -1.96. The highest BCUT2D eigenvalue weighted by Crippen LogP contribution is 2.07. The maximum atomic E-state index is 5.11. The molecular formula is C11H16N4O2. The van der Waals surface area contributed by atoms with E-state index in [4.69, 9.17) is 9.26 Å². The molecule has 0 saturated heterocycles. The van der Waals surface area contributed by atoms with Crippen molar-refractivity contribution in [1.82, 2.24) is 20.0 Å². The van der Waals surface area contributed by atoms with Crippen LogP contribution >= 0.6 is 0 Å². The molecule has 0 unspecified atom stereocenters. The Kier molecular flexibility index (Phi) is 3.89. The molecule has 0 aliphatic heterocycles. The van der Waals surface area contributed by atoms with Gasteiger partial charge in [-0.25, -0.2) is 4.98 Å². The van der Waals surface area contributed by atoms with Gasteiger partial charge in [0.15, 0.2) is 5.76 Å². The average molecular weight is 236 g/mol. The number of aromatic nitrogens is 3. The molecule has 6 heteroatoms. The van der Waals surface area contributed by atoms with Crippen molar-refractivity contribution in [3.63, 3.8) is 0 Å². The number of nitrogens with zero attached hydrogens (tertiary/aromatic N) is 3. The maximum absolute atomic E-state index is 5.11. The Labute approximate surface area is 99.6 Å². The fraction of sp³-hybridized carbons (Fsp3) is 0.455. The first-order chi connectivity index (χ1) is 8.31. The van der Waals surface area contributed by atoms with Gasteiger partial charge in [0, 0.05) is 25.9 Å². The molecule has 0 aliphatic carbocycles. The number of hydrogen-bond acceptors (Lipinski definition) is 5. The number of nitrogens with one attached hydrogen (secondary N) is 1. The minimum absolute atomic E-state index is 0.446. The van der Waals surface area contributed by atoms with Gasteiger partial charge in [-0.1, -0.05) is 5.16 Å². The lowest BCUT2D eigenvalue weighted by atomic mass is 10.3. The van der Waals surface area contributed by atoms with Gasteiger partial charge < -0.3 is 19.1 Å². The van der Waals surface area contributed by atoms with E-state index in [1.165, 1.54) is 0 Å². The van der Waals surface area contributed by atoms with Gasteiger partial charge in [-0.15, -0.1) is 0 Å². The Morgan fingerprint density at radius 3 is 3.12 bits per heavy atom. The van der Waals surface area contributed by atoms with Crippen molar-refractivity contribution in [1.29, 1.82) is 0 Å². The molecule has 1 N–H and O–H groups in total. The summed E-state index contributed by atoms with van der Waals surface area (Å²) >= 11 is 0. The zero-order valence-electron chi connectivity index (χ0n) is 10.0. The third-order valence-corrected chi connectivity index (χ3v) is 2.28. The summed E-state index contributed by atoms with van der Waals surface area (Å²) < 4.78 is 12.1. The van der Waals surface area contributed by atoms with Crippen LogP contribution in [0.5, 0.6) is 0 Å². The van der Waals surface area contributed by atoms with Crippen LogP contribution in [0.3, 0.4) is 0 Å². The van der Waals surface area contributed by atoms with Crippen molar-refractivity contribution < 1.29 is 9.26 Å². The van der Waals surface area contributed by atoms with Crippen LogP contribution in [-0.4, -0.2) is 28.9 Å². The van der Waals surface area contributed by atoms with Crippen molar-refractivity contribution >= 4 is 0 Å². The molecule has 0 radical (unpaired) electrons. The van der Waals surface area contributed by atoms with Gasteiger partial charge in [0.05, 0.1) is 18.6 Å². The lowest BCUT2D eigenvalue weighted by molar-refractivity contribution is 0.155. The Bertz CT molecular complexity index is 421. The molecule has 2 aromatic rings. The Balaban J connectivity index is 1.98. The first-order valence-electron chi connectivity index (χ1n) is 5.40. The fourth-order valence-electron chi connectivity index (χ4n) is 1.59. The highest BCUT2D eigenvalue weighted by Gasteiger charge is 2.05. The summed E-state index contributed by atoms with van der Waals surface area (Å²) in [6, 6.07) is 1.89.